The molecule has 0 saturated heterocycles. The first kappa shape index (κ1) is 15.6. The Balaban J connectivity index is 2.22. The van der Waals surface area contributed by atoms with Crippen LogP contribution in [0.5, 0.6) is 0 Å². The van der Waals surface area contributed by atoms with E-state index in [1.165, 1.54) is 39.1 Å². The maximum Gasteiger partial charge on any atom is 0.0367 e. The second kappa shape index (κ2) is 6.08. The predicted molar refractivity (Wildman–Crippen MR) is 102 cm³/mol. The van der Waals surface area contributed by atoms with Gasteiger partial charge in [0, 0.05) is 25.7 Å². The van der Waals surface area contributed by atoms with E-state index in [1.54, 1.807) is 0 Å². The molecule has 0 bridgehead atoms. The van der Waals surface area contributed by atoms with Gasteiger partial charge in [0.2, 0.25) is 0 Å². The quantitative estimate of drug-likeness (QED) is 0.693. The second-order valence-electron chi connectivity index (χ2n) is 6.67. The molecule has 118 valence electrons. The van der Waals surface area contributed by atoms with Gasteiger partial charge >= 0.3 is 0 Å². The summed E-state index contributed by atoms with van der Waals surface area (Å²) in [4.78, 5) is 2.17. The standard InChI is InChI=1S/C22H25N/c1-15-13-16(2)22(17(15)3)20-12-11-19(23(4)5)14-21(20)18-9-7-6-8-10-18/h6-14,16H,1-5H3. The molecule has 23 heavy (non-hydrogen) atoms. The Labute approximate surface area is 140 Å². The molecule has 0 heterocycles. The van der Waals surface area contributed by atoms with E-state index in [2.05, 4.69) is 94.4 Å². The van der Waals surface area contributed by atoms with Crippen molar-refractivity contribution in [2.75, 3.05) is 19.0 Å². The van der Waals surface area contributed by atoms with Gasteiger partial charge in [-0.3, -0.25) is 0 Å². The summed E-state index contributed by atoms with van der Waals surface area (Å²) in [6.45, 7) is 6.76. The average molecular weight is 303 g/mol. The minimum atomic E-state index is 0.475. The highest BCUT2D eigenvalue weighted by Crippen LogP contribution is 2.42. The zero-order chi connectivity index (χ0) is 16.6. The number of hydrogen-bond donors (Lipinski definition) is 0. The lowest BCUT2D eigenvalue weighted by Crippen LogP contribution is -2.09. The van der Waals surface area contributed by atoms with E-state index in [1.807, 2.05) is 0 Å². The molecule has 1 aliphatic rings. The Hall–Kier alpha value is -2.28. The lowest BCUT2D eigenvalue weighted by atomic mass is 9.88. The first-order valence-corrected chi connectivity index (χ1v) is 8.25. The topological polar surface area (TPSA) is 3.24 Å². The normalized spacial score (nSPS) is 17.4. The van der Waals surface area contributed by atoms with E-state index in [0.717, 1.165) is 0 Å². The van der Waals surface area contributed by atoms with Crippen molar-refractivity contribution in [1.29, 1.82) is 0 Å². The molecule has 0 amide bonds. The van der Waals surface area contributed by atoms with Crippen molar-refractivity contribution < 1.29 is 0 Å². The van der Waals surface area contributed by atoms with E-state index in [9.17, 15) is 0 Å². The minimum absolute atomic E-state index is 0.475. The minimum Gasteiger partial charge on any atom is -0.378 e. The molecular weight excluding hydrogens is 278 g/mol. The summed E-state index contributed by atoms with van der Waals surface area (Å²) in [7, 11) is 4.19. The van der Waals surface area contributed by atoms with Crippen LogP contribution in [-0.2, 0) is 0 Å². The molecule has 0 radical (unpaired) electrons. The van der Waals surface area contributed by atoms with Gasteiger partial charge in [0.15, 0.2) is 0 Å². The lowest BCUT2D eigenvalue weighted by molar-refractivity contribution is 0.975. The monoisotopic (exact) mass is 303 g/mol. The Bertz CT molecular complexity index is 779. The van der Waals surface area contributed by atoms with Gasteiger partial charge in [-0.25, -0.2) is 0 Å². The first-order valence-electron chi connectivity index (χ1n) is 8.25. The summed E-state index contributed by atoms with van der Waals surface area (Å²) in [5.74, 6) is 0.475. The van der Waals surface area contributed by atoms with Gasteiger partial charge < -0.3 is 4.90 Å². The van der Waals surface area contributed by atoms with Gasteiger partial charge in [-0.2, -0.15) is 0 Å². The molecule has 0 N–H and O–H groups in total. The van der Waals surface area contributed by atoms with Crippen molar-refractivity contribution in [3.8, 4) is 11.1 Å². The molecule has 0 aromatic heterocycles. The summed E-state index contributed by atoms with van der Waals surface area (Å²) in [6.07, 6.45) is 2.37. The van der Waals surface area contributed by atoms with E-state index in [-0.39, 0.29) is 0 Å². The van der Waals surface area contributed by atoms with Crippen LogP contribution in [0.2, 0.25) is 0 Å². The van der Waals surface area contributed by atoms with Crippen molar-refractivity contribution in [1.82, 2.24) is 0 Å². The van der Waals surface area contributed by atoms with E-state index >= 15 is 0 Å². The zero-order valence-electron chi connectivity index (χ0n) is 14.7. The highest BCUT2D eigenvalue weighted by molar-refractivity contribution is 5.88. The maximum atomic E-state index is 2.37. The Morgan fingerprint density at radius 2 is 1.57 bits per heavy atom. The molecule has 1 heteroatoms. The lowest BCUT2D eigenvalue weighted by Gasteiger charge is -2.20. The third-order valence-corrected chi connectivity index (χ3v) is 4.85. The van der Waals surface area contributed by atoms with Crippen LogP contribution in [0.4, 0.5) is 5.69 Å². The van der Waals surface area contributed by atoms with Gasteiger partial charge in [-0.05, 0) is 53.8 Å². The van der Waals surface area contributed by atoms with Crippen LogP contribution in [-0.4, -0.2) is 14.1 Å². The largest absolute Gasteiger partial charge is 0.378 e. The van der Waals surface area contributed by atoms with Crippen LogP contribution >= 0.6 is 0 Å². The molecule has 0 spiro atoms. The fourth-order valence-corrected chi connectivity index (χ4v) is 3.49. The molecule has 0 fully saturated rings. The fraction of sp³-hybridized carbons (Fsp3) is 0.273. The summed E-state index contributed by atoms with van der Waals surface area (Å²) >= 11 is 0. The van der Waals surface area contributed by atoms with E-state index in [0.29, 0.717) is 5.92 Å². The fourth-order valence-electron chi connectivity index (χ4n) is 3.49. The van der Waals surface area contributed by atoms with Gasteiger partial charge in [0.1, 0.15) is 0 Å². The predicted octanol–water partition coefficient (Wildman–Crippen LogP) is 5.79. The van der Waals surface area contributed by atoms with Crippen LogP contribution in [0.25, 0.3) is 16.7 Å². The molecule has 1 atom stereocenters. The Morgan fingerprint density at radius 1 is 0.870 bits per heavy atom. The van der Waals surface area contributed by atoms with Crippen molar-refractivity contribution in [2.24, 2.45) is 5.92 Å². The van der Waals surface area contributed by atoms with Crippen molar-refractivity contribution >= 4 is 11.3 Å². The van der Waals surface area contributed by atoms with Gasteiger partial charge in [-0.1, -0.05) is 55.0 Å². The summed E-state index contributed by atoms with van der Waals surface area (Å²) in [5, 5.41) is 0. The average Bonchev–Trinajstić information content (AvgIpc) is 2.80. The van der Waals surface area contributed by atoms with Crippen molar-refractivity contribution in [2.45, 2.75) is 20.8 Å². The highest BCUT2D eigenvalue weighted by atomic mass is 15.1. The third kappa shape index (κ3) is 2.84. The zero-order valence-corrected chi connectivity index (χ0v) is 14.7. The first-order chi connectivity index (χ1) is 11.0. The smallest absolute Gasteiger partial charge is 0.0367 e. The Kier molecular flexibility index (Phi) is 4.12. The molecule has 0 aliphatic heterocycles. The summed E-state index contributed by atoms with van der Waals surface area (Å²) < 4.78 is 0. The van der Waals surface area contributed by atoms with Gasteiger partial charge in [-0.15, -0.1) is 0 Å². The number of benzene rings is 2. The molecule has 2 aromatic rings. The Morgan fingerprint density at radius 3 is 2.13 bits per heavy atom. The molecule has 1 unspecified atom stereocenters. The van der Waals surface area contributed by atoms with Crippen LogP contribution in [0.3, 0.4) is 0 Å². The number of nitrogens with zero attached hydrogens (tertiary/aromatic N) is 1. The summed E-state index contributed by atoms with van der Waals surface area (Å²) in [6, 6.07) is 17.5. The molecule has 0 saturated carbocycles. The molecule has 2 aromatic carbocycles. The van der Waals surface area contributed by atoms with E-state index < -0.39 is 0 Å². The van der Waals surface area contributed by atoms with Crippen LogP contribution in [0.1, 0.15) is 26.3 Å². The van der Waals surface area contributed by atoms with Crippen LogP contribution < -0.4 is 4.90 Å². The van der Waals surface area contributed by atoms with Crippen LogP contribution in [0.15, 0.2) is 65.8 Å². The molecule has 1 nitrogen and oxygen atoms in total. The highest BCUT2D eigenvalue weighted by Gasteiger charge is 2.22. The molecule has 3 rings (SSSR count). The van der Waals surface area contributed by atoms with Crippen LogP contribution in [0, 0.1) is 5.92 Å². The van der Waals surface area contributed by atoms with Gasteiger partial charge in [0.25, 0.3) is 0 Å². The third-order valence-electron chi connectivity index (χ3n) is 4.85. The van der Waals surface area contributed by atoms with Crippen molar-refractivity contribution in [3.63, 3.8) is 0 Å². The number of hydrogen-bond acceptors (Lipinski definition) is 1. The molecular formula is C22H25N. The van der Waals surface area contributed by atoms with E-state index in [4.69, 9.17) is 0 Å². The summed E-state index contributed by atoms with van der Waals surface area (Å²) in [5.41, 5.74) is 9.49. The number of anilines is 1. The second-order valence-corrected chi connectivity index (χ2v) is 6.67. The van der Waals surface area contributed by atoms with Crippen molar-refractivity contribution in [3.05, 3.63) is 71.3 Å². The SMILES string of the molecule is CC1=CC(C)C(c2ccc(N(C)C)cc2-c2ccccc2)=C1C. The maximum absolute atomic E-state index is 2.37. The number of rotatable bonds is 3. The number of allylic oxidation sites excluding steroid dienone is 4. The van der Waals surface area contributed by atoms with Gasteiger partial charge in [0.05, 0.1) is 0 Å². The molecule has 1 aliphatic carbocycles.